The standard InChI is InChI=1S/C21H29N3O6/c1-29-17-10-8-16(9-11-17)23-18(25)12-22-19(26)14-24(13-15-6-7-15)20(27)4-3-5-21(28)30-2/h8-11,15H,3-7,12-14H2,1-2H3,(H,22,26)(H,23,25). The highest BCUT2D eigenvalue weighted by Gasteiger charge is 2.28. The Labute approximate surface area is 176 Å². The van der Waals surface area contributed by atoms with Crippen molar-refractivity contribution in [2.45, 2.75) is 32.1 Å². The Morgan fingerprint density at radius 2 is 1.73 bits per heavy atom. The lowest BCUT2D eigenvalue weighted by Gasteiger charge is -2.22. The molecule has 0 saturated heterocycles. The number of ether oxygens (including phenoxy) is 2. The lowest BCUT2D eigenvalue weighted by Crippen LogP contribution is -2.43. The highest BCUT2D eigenvalue weighted by molar-refractivity contribution is 5.95. The minimum Gasteiger partial charge on any atom is -0.497 e. The second-order valence-electron chi connectivity index (χ2n) is 7.20. The molecule has 9 nitrogen and oxygen atoms in total. The van der Waals surface area contributed by atoms with Gasteiger partial charge in [-0.3, -0.25) is 19.2 Å². The van der Waals surface area contributed by atoms with E-state index in [-0.39, 0.29) is 43.7 Å². The number of rotatable bonds is 12. The lowest BCUT2D eigenvalue weighted by atomic mass is 10.2. The number of nitrogens with zero attached hydrogens (tertiary/aromatic N) is 1. The average Bonchev–Trinajstić information content (AvgIpc) is 3.56. The topological polar surface area (TPSA) is 114 Å². The largest absolute Gasteiger partial charge is 0.497 e. The van der Waals surface area contributed by atoms with Crippen LogP contribution in [0.25, 0.3) is 0 Å². The first-order valence-electron chi connectivity index (χ1n) is 9.96. The zero-order valence-electron chi connectivity index (χ0n) is 17.4. The van der Waals surface area contributed by atoms with E-state index < -0.39 is 5.91 Å². The van der Waals surface area contributed by atoms with Gasteiger partial charge >= 0.3 is 5.97 Å². The molecule has 3 amide bonds. The average molecular weight is 419 g/mol. The van der Waals surface area contributed by atoms with Gasteiger partial charge < -0.3 is 25.0 Å². The highest BCUT2D eigenvalue weighted by Crippen LogP contribution is 2.29. The van der Waals surface area contributed by atoms with Crippen LogP contribution in [0.1, 0.15) is 32.1 Å². The van der Waals surface area contributed by atoms with Crippen molar-refractivity contribution in [2.75, 3.05) is 39.2 Å². The van der Waals surface area contributed by atoms with E-state index in [9.17, 15) is 19.2 Å². The molecule has 0 bridgehead atoms. The number of carbonyl (C=O) groups excluding carboxylic acids is 4. The number of amides is 3. The van der Waals surface area contributed by atoms with Crippen LogP contribution in [-0.2, 0) is 23.9 Å². The molecule has 0 heterocycles. The van der Waals surface area contributed by atoms with Crippen LogP contribution in [0.5, 0.6) is 5.75 Å². The molecule has 30 heavy (non-hydrogen) atoms. The SMILES string of the molecule is COC(=O)CCCC(=O)N(CC(=O)NCC(=O)Nc1ccc(OC)cc1)CC1CC1. The summed E-state index contributed by atoms with van der Waals surface area (Å²) in [5.74, 6) is -0.219. The van der Waals surface area contributed by atoms with Crippen LogP contribution in [0.15, 0.2) is 24.3 Å². The molecule has 0 spiro atoms. The number of hydrogen-bond acceptors (Lipinski definition) is 6. The van der Waals surface area contributed by atoms with Gasteiger partial charge in [0, 0.05) is 25.1 Å². The fraction of sp³-hybridized carbons (Fsp3) is 0.524. The molecule has 1 aromatic rings. The normalized spacial score (nSPS) is 12.6. The molecule has 1 fully saturated rings. The molecule has 1 saturated carbocycles. The summed E-state index contributed by atoms with van der Waals surface area (Å²) in [6.07, 6.45) is 2.79. The number of nitrogens with one attached hydrogen (secondary N) is 2. The summed E-state index contributed by atoms with van der Waals surface area (Å²) in [5.41, 5.74) is 0.589. The Balaban J connectivity index is 1.76. The third kappa shape index (κ3) is 8.50. The lowest BCUT2D eigenvalue weighted by molar-refractivity contribution is -0.141. The summed E-state index contributed by atoms with van der Waals surface area (Å²) < 4.78 is 9.63. The minimum absolute atomic E-state index is 0.108. The summed E-state index contributed by atoms with van der Waals surface area (Å²) in [6.45, 7) is 0.213. The number of hydrogen-bond donors (Lipinski definition) is 2. The monoisotopic (exact) mass is 419 g/mol. The fourth-order valence-electron chi connectivity index (χ4n) is 2.80. The van der Waals surface area contributed by atoms with E-state index in [2.05, 4.69) is 15.4 Å². The predicted molar refractivity (Wildman–Crippen MR) is 110 cm³/mol. The van der Waals surface area contributed by atoms with Crippen LogP contribution in [-0.4, -0.2) is 62.4 Å². The number of esters is 1. The van der Waals surface area contributed by atoms with E-state index in [1.807, 2.05) is 0 Å². The van der Waals surface area contributed by atoms with Crippen molar-refractivity contribution < 1.29 is 28.7 Å². The van der Waals surface area contributed by atoms with E-state index in [1.165, 1.54) is 12.0 Å². The predicted octanol–water partition coefficient (Wildman–Crippen LogP) is 1.33. The second-order valence-corrected chi connectivity index (χ2v) is 7.20. The van der Waals surface area contributed by atoms with Crippen LogP contribution >= 0.6 is 0 Å². The third-order valence-corrected chi connectivity index (χ3v) is 4.68. The van der Waals surface area contributed by atoms with Crippen LogP contribution < -0.4 is 15.4 Å². The fourth-order valence-corrected chi connectivity index (χ4v) is 2.80. The van der Waals surface area contributed by atoms with Crippen molar-refractivity contribution in [3.05, 3.63) is 24.3 Å². The van der Waals surface area contributed by atoms with Crippen molar-refractivity contribution in [2.24, 2.45) is 5.92 Å². The van der Waals surface area contributed by atoms with Crippen molar-refractivity contribution in [1.82, 2.24) is 10.2 Å². The van der Waals surface area contributed by atoms with E-state index >= 15 is 0 Å². The first kappa shape index (κ1) is 23.2. The van der Waals surface area contributed by atoms with Gasteiger partial charge in [0.2, 0.25) is 17.7 Å². The highest BCUT2D eigenvalue weighted by atomic mass is 16.5. The molecule has 0 aliphatic heterocycles. The summed E-state index contributed by atoms with van der Waals surface area (Å²) in [5, 5.41) is 5.22. The van der Waals surface area contributed by atoms with E-state index in [4.69, 9.17) is 4.74 Å². The minimum atomic E-state index is -0.401. The molecule has 0 unspecified atom stereocenters. The Hall–Kier alpha value is -3.10. The number of benzene rings is 1. The molecule has 1 aliphatic carbocycles. The van der Waals surface area contributed by atoms with Crippen molar-refractivity contribution >= 4 is 29.4 Å². The summed E-state index contributed by atoms with van der Waals surface area (Å²) >= 11 is 0. The quantitative estimate of drug-likeness (QED) is 0.494. The first-order valence-corrected chi connectivity index (χ1v) is 9.96. The van der Waals surface area contributed by atoms with Gasteiger partial charge in [0.15, 0.2) is 0 Å². The van der Waals surface area contributed by atoms with Gasteiger partial charge in [0.25, 0.3) is 0 Å². The molecule has 0 atom stereocenters. The summed E-state index contributed by atoms with van der Waals surface area (Å²) in [4.78, 5) is 49.4. The van der Waals surface area contributed by atoms with Gasteiger partial charge in [-0.2, -0.15) is 0 Å². The second kappa shape index (κ2) is 11.8. The first-order chi connectivity index (χ1) is 14.4. The molecule has 2 N–H and O–H groups in total. The Morgan fingerprint density at radius 1 is 1.03 bits per heavy atom. The van der Waals surface area contributed by atoms with Gasteiger partial charge in [-0.15, -0.1) is 0 Å². The summed E-state index contributed by atoms with van der Waals surface area (Å²) in [6, 6.07) is 6.83. The van der Waals surface area contributed by atoms with Crippen LogP contribution in [0, 0.1) is 5.92 Å². The zero-order chi connectivity index (χ0) is 21.9. The third-order valence-electron chi connectivity index (χ3n) is 4.68. The number of methoxy groups -OCH3 is 2. The zero-order valence-corrected chi connectivity index (χ0v) is 17.4. The van der Waals surface area contributed by atoms with Gasteiger partial charge in [0.1, 0.15) is 5.75 Å². The maximum absolute atomic E-state index is 12.4. The van der Waals surface area contributed by atoms with Gasteiger partial charge in [-0.1, -0.05) is 0 Å². The molecule has 2 rings (SSSR count). The Kier molecular flexibility index (Phi) is 9.11. The Bertz CT molecular complexity index is 746. The molecule has 0 aromatic heterocycles. The Morgan fingerprint density at radius 3 is 2.33 bits per heavy atom. The van der Waals surface area contributed by atoms with Crippen molar-refractivity contribution in [1.29, 1.82) is 0 Å². The van der Waals surface area contributed by atoms with Crippen molar-refractivity contribution in [3.8, 4) is 5.75 Å². The van der Waals surface area contributed by atoms with E-state index in [0.29, 0.717) is 30.3 Å². The smallest absolute Gasteiger partial charge is 0.305 e. The molecular formula is C21H29N3O6. The van der Waals surface area contributed by atoms with Gasteiger partial charge in [-0.25, -0.2) is 0 Å². The molecular weight excluding hydrogens is 390 g/mol. The molecule has 1 aromatic carbocycles. The maximum atomic E-state index is 12.4. The molecule has 0 radical (unpaired) electrons. The molecule has 164 valence electrons. The number of carbonyl (C=O) groups is 4. The van der Waals surface area contributed by atoms with Crippen LogP contribution in [0.4, 0.5) is 5.69 Å². The number of anilines is 1. The van der Waals surface area contributed by atoms with Gasteiger partial charge in [0.05, 0.1) is 27.3 Å². The molecule has 1 aliphatic rings. The van der Waals surface area contributed by atoms with Crippen LogP contribution in [0.3, 0.4) is 0 Å². The van der Waals surface area contributed by atoms with Crippen molar-refractivity contribution in [3.63, 3.8) is 0 Å². The van der Waals surface area contributed by atoms with E-state index in [0.717, 1.165) is 12.8 Å². The maximum Gasteiger partial charge on any atom is 0.305 e. The van der Waals surface area contributed by atoms with E-state index in [1.54, 1.807) is 31.4 Å². The molecule has 9 heteroatoms. The van der Waals surface area contributed by atoms with Gasteiger partial charge in [-0.05, 0) is 49.4 Å². The van der Waals surface area contributed by atoms with Crippen LogP contribution in [0.2, 0.25) is 0 Å². The summed E-state index contributed by atoms with van der Waals surface area (Å²) in [7, 11) is 2.86.